The van der Waals surface area contributed by atoms with Gasteiger partial charge in [-0.2, -0.15) is 9.97 Å². The monoisotopic (exact) mass is 425 g/mol. The lowest BCUT2D eigenvalue weighted by atomic mass is 9.91. The van der Waals surface area contributed by atoms with Crippen LogP contribution in [0.2, 0.25) is 0 Å². The van der Waals surface area contributed by atoms with Gasteiger partial charge in [0.1, 0.15) is 17.5 Å². The quantitative estimate of drug-likeness (QED) is 0.465. The Morgan fingerprint density at radius 3 is 2.53 bits per heavy atom. The number of anilines is 4. The summed E-state index contributed by atoms with van der Waals surface area (Å²) in [6.45, 7) is 0. The summed E-state index contributed by atoms with van der Waals surface area (Å²) in [5, 5.41) is 6.47. The summed E-state index contributed by atoms with van der Waals surface area (Å²) >= 11 is 1.34. The van der Waals surface area contributed by atoms with E-state index in [9.17, 15) is 4.39 Å². The van der Waals surface area contributed by atoms with Crippen LogP contribution in [0.15, 0.2) is 58.6 Å². The maximum atomic E-state index is 14.6. The molecular formula is C21H24FN7S. The molecule has 1 saturated carbocycles. The Balaban J connectivity index is 1.47. The molecule has 0 aliphatic heterocycles. The zero-order valence-electron chi connectivity index (χ0n) is 16.4. The molecule has 2 heterocycles. The molecule has 9 heteroatoms. The normalized spacial score (nSPS) is 18.7. The second kappa shape index (κ2) is 9.27. The van der Waals surface area contributed by atoms with Crippen LogP contribution in [0, 0.1) is 5.82 Å². The van der Waals surface area contributed by atoms with Crippen molar-refractivity contribution in [3.05, 3.63) is 54.6 Å². The van der Waals surface area contributed by atoms with E-state index in [1.165, 1.54) is 17.8 Å². The van der Waals surface area contributed by atoms with E-state index in [-0.39, 0.29) is 23.8 Å². The van der Waals surface area contributed by atoms with Crippen LogP contribution in [0.3, 0.4) is 0 Å². The smallest absolute Gasteiger partial charge is 0.223 e. The van der Waals surface area contributed by atoms with E-state index >= 15 is 0 Å². The fourth-order valence-electron chi connectivity index (χ4n) is 3.48. The molecule has 2 aromatic heterocycles. The highest BCUT2D eigenvalue weighted by molar-refractivity contribution is 7.99. The number of hydrogen-bond donors (Lipinski definition) is 4. The molecule has 1 aromatic carbocycles. The largest absolute Gasteiger partial charge is 0.368 e. The van der Waals surface area contributed by atoms with Gasteiger partial charge in [-0.15, -0.1) is 0 Å². The van der Waals surface area contributed by atoms with Gasteiger partial charge in [-0.1, -0.05) is 24.6 Å². The molecule has 0 radical (unpaired) electrons. The molecule has 1 aliphatic carbocycles. The lowest BCUT2D eigenvalue weighted by Gasteiger charge is -2.29. The lowest BCUT2D eigenvalue weighted by molar-refractivity contribution is 0.403. The molecule has 0 bridgehead atoms. The van der Waals surface area contributed by atoms with Gasteiger partial charge in [-0.25, -0.2) is 4.39 Å². The number of nitrogens with two attached hydrogens (primary N) is 2. The van der Waals surface area contributed by atoms with Crippen molar-refractivity contribution in [2.75, 3.05) is 16.4 Å². The SMILES string of the molecule is Nc1nc(Nc2ccc(Sc3ccncc3)c(F)c2)cc(NC2CCCCC2N)n1. The van der Waals surface area contributed by atoms with E-state index in [1.807, 2.05) is 12.1 Å². The first kappa shape index (κ1) is 20.4. The molecule has 3 aromatic rings. The number of nitrogen functional groups attached to an aromatic ring is 1. The van der Waals surface area contributed by atoms with Crippen molar-refractivity contribution in [2.45, 2.75) is 47.6 Å². The van der Waals surface area contributed by atoms with Crippen LogP contribution in [0.25, 0.3) is 0 Å². The third-order valence-corrected chi connectivity index (χ3v) is 6.04. The first-order valence-electron chi connectivity index (χ1n) is 9.88. The Morgan fingerprint density at radius 2 is 1.77 bits per heavy atom. The second-order valence-electron chi connectivity index (χ2n) is 7.25. The van der Waals surface area contributed by atoms with Gasteiger partial charge in [0.25, 0.3) is 0 Å². The maximum absolute atomic E-state index is 14.6. The molecule has 0 saturated heterocycles. The van der Waals surface area contributed by atoms with Gasteiger partial charge in [-0.3, -0.25) is 4.98 Å². The predicted octanol–water partition coefficient (Wildman–Crippen LogP) is 4.17. The predicted molar refractivity (Wildman–Crippen MR) is 118 cm³/mol. The average Bonchev–Trinajstić information content (AvgIpc) is 2.72. The molecule has 2 unspecified atom stereocenters. The second-order valence-corrected chi connectivity index (χ2v) is 8.37. The van der Waals surface area contributed by atoms with E-state index in [1.54, 1.807) is 30.6 Å². The minimum Gasteiger partial charge on any atom is -0.368 e. The van der Waals surface area contributed by atoms with Crippen molar-refractivity contribution in [2.24, 2.45) is 5.73 Å². The van der Waals surface area contributed by atoms with Crippen molar-refractivity contribution in [1.82, 2.24) is 15.0 Å². The van der Waals surface area contributed by atoms with Crippen LogP contribution in [-0.2, 0) is 0 Å². The zero-order valence-corrected chi connectivity index (χ0v) is 17.2. The number of nitrogens with one attached hydrogen (secondary N) is 2. The molecule has 0 spiro atoms. The maximum Gasteiger partial charge on any atom is 0.223 e. The molecule has 4 rings (SSSR count). The van der Waals surface area contributed by atoms with Crippen LogP contribution >= 0.6 is 11.8 Å². The van der Waals surface area contributed by atoms with E-state index < -0.39 is 0 Å². The highest BCUT2D eigenvalue weighted by Gasteiger charge is 2.22. The Morgan fingerprint density at radius 1 is 1.00 bits per heavy atom. The molecule has 30 heavy (non-hydrogen) atoms. The highest BCUT2D eigenvalue weighted by atomic mass is 32.2. The van der Waals surface area contributed by atoms with Gasteiger partial charge >= 0.3 is 0 Å². The number of aromatic nitrogens is 3. The van der Waals surface area contributed by atoms with Gasteiger partial charge in [-0.05, 0) is 43.2 Å². The third-order valence-electron chi connectivity index (χ3n) is 4.98. The standard InChI is InChI=1S/C21H24FN7S/c22-15-11-13(5-6-18(15)30-14-7-9-25-10-8-14)26-19-12-20(29-21(24)28-19)27-17-4-2-1-3-16(17)23/h5-12,16-17H,1-4,23H2,(H4,24,26,27,28,29). The minimum atomic E-state index is -0.324. The van der Waals surface area contributed by atoms with Crippen molar-refractivity contribution < 1.29 is 4.39 Å². The third kappa shape index (κ3) is 5.17. The molecule has 2 atom stereocenters. The molecule has 6 N–H and O–H groups in total. The summed E-state index contributed by atoms with van der Waals surface area (Å²) in [5.74, 6) is 0.911. The van der Waals surface area contributed by atoms with E-state index in [0.29, 0.717) is 22.2 Å². The molecule has 0 amide bonds. The summed E-state index contributed by atoms with van der Waals surface area (Å²) in [7, 11) is 0. The van der Waals surface area contributed by atoms with Crippen molar-refractivity contribution in [1.29, 1.82) is 0 Å². The Labute approximate surface area is 178 Å². The van der Waals surface area contributed by atoms with Crippen molar-refractivity contribution in [3.8, 4) is 0 Å². The number of halogens is 1. The van der Waals surface area contributed by atoms with E-state index in [4.69, 9.17) is 11.5 Å². The molecule has 7 nitrogen and oxygen atoms in total. The van der Waals surface area contributed by atoms with Crippen LogP contribution in [-0.4, -0.2) is 27.0 Å². The number of rotatable bonds is 6. The van der Waals surface area contributed by atoms with Crippen LogP contribution in [0.5, 0.6) is 0 Å². The number of pyridine rings is 1. The topological polar surface area (TPSA) is 115 Å². The summed E-state index contributed by atoms with van der Waals surface area (Å²) < 4.78 is 14.6. The van der Waals surface area contributed by atoms with Crippen molar-refractivity contribution in [3.63, 3.8) is 0 Å². The first-order valence-corrected chi connectivity index (χ1v) is 10.7. The Kier molecular flexibility index (Phi) is 6.29. The number of benzene rings is 1. The van der Waals surface area contributed by atoms with Crippen molar-refractivity contribution >= 4 is 35.0 Å². The van der Waals surface area contributed by atoms with Gasteiger partial charge < -0.3 is 22.1 Å². The van der Waals surface area contributed by atoms with Gasteiger partial charge in [0.05, 0.1) is 0 Å². The van der Waals surface area contributed by atoms with E-state index in [2.05, 4.69) is 25.6 Å². The number of nitrogens with zero attached hydrogens (tertiary/aromatic N) is 3. The molecule has 1 fully saturated rings. The zero-order chi connectivity index (χ0) is 20.9. The van der Waals surface area contributed by atoms with Crippen LogP contribution < -0.4 is 22.1 Å². The summed E-state index contributed by atoms with van der Waals surface area (Å²) in [5.41, 5.74) is 12.7. The molecular weight excluding hydrogens is 401 g/mol. The van der Waals surface area contributed by atoms with Gasteiger partial charge in [0.2, 0.25) is 5.95 Å². The van der Waals surface area contributed by atoms with Crippen LogP contribution in [0.4, 0.5) is 27.7 Å². The fourth-order valence-corrected chi connectivity index (χ4v) is 4.28. The number of hydrogen-bond acceptors (Lipinski definition) is 8. The van der Waals surface area contributed by atoms with Gasteiger partial charge in [0, 0.05) is 46.0 Å². The molecule has 156 valence electrons. The molecule has 1 aliphatic rings. The summed E-state index contributed by atoms with van der Waals surface area (Å²) in [4.78, 5) is 13.9. The minimum absolute atomic E-state index is 0.0888. The lowest BCUT2D eigenvalue weighted by Crippen LogP contribution is -2.42. The fraction of sp³-hybridized carbons (Fsp3) is 0.286. The summed E-state index contributed by atoms with van der Waals surface area (Å²) in [6, 6.07) is 10.7. The van der Waals surface area contributed by atoms with Crippen LogP contribution in [0.1, 0.15) is 25.7 Å². The van der Waals surface area contributed by atoms with Gasteiger partial charge in [0.15, 0.2) is 0 Å². The van der Waals surface area contributed by atoms with E-state index in [0.717, 1.165) is 30.6 Å². The Bertz CT molecular complexity index is 1000. The first-order chi connectivity index (χ1) is 14.6. The average molecular weight is 426 g/mol. The summed E-state index contributed by atoms with van der Waals surface area (Å²) in [6.07, 6.45) is 7.64. The highest BCUT2D eigenvalue weighted by Crippen LogP contribution is 2.31. The Hall–Kier alpha value is -2.91.